The third-order valence-corrected chi connectivity index (χ3v) is 2.26. The fourth-order valence-electron chi connectivity index (χ4n) is 1.20. The smallest absolute Gasteiger partial charge is 0.194 e. The normalized spacial score (nSPS) is 15.1. The fourth-order valence-corrected chi connectivity index (χ4v) is 1.20. The highest BCUT2D eigenvalue weighted by Gasteiger charge is 2.19. The maximum absolute atomic E-state index is 12.8. The van der Waals surface area contributed by atoms with Gasteiger partial charge in [-0.1, -0.05) is 6.92 Å². The number of halogens is 3. The molecule has 1 rings (SSSR count). The SMILES string of the molecule is CC(CN)C(O)c1cc(F)c(F)c(F)c1. The van der Waals surface area contributed by atoms with Crippen LogP contribution in [0.15, 0.2) is 12.1 Å². The van der Waals surface area contributed by atoms with Gasteiger partial charge in [-0.05, 0) is 30.2 Å². The van der Waals surface area contributed by atoms with Crippen molar-refractivity contribution in [1.29, 1.82) is 0 Å². The second-order valence-corrected chi connectivity index (χ2v) is 3.46. The van der Waals surface area contributed by atoms with E-state index < -0.39 is 23.6 Å². The van der Waals surface area contributed by atoms with Gasteiger partial charge in [0, 0.05) is 0 Å². The molecular weight excluding hydrogens is 207 g/mol. The van der Waals surface area contributed by atoms with Gasteiger partial charge in [-0.3, -0.25) is 0 Å². The first-order valence-electron chi connectivity index (χ1n) is 4.50. The van der Waals surface area contributed by atoms with Crippen LogP contribution in [-0.4, -0.2) is 11.7 Å². The summed E-state index contributed by atoms with van der Waals surface area (Å²) in [6.07, 6.45) is -1.10. The zero-order chi connectivity index (χ0) is 11.6. The van der Waals surface area contributed by atoms with E-state index in [9.17, 15) is 18.3 Å². The maximum atomic E-state index is 12.8. The molecule has 2 unspecified atom stereocenters. The Morgan fingerprint density at radius 1 is 1.27 bits per heavy atom. The summed E-state index contributed by atoms with van der Waals surface area (Å²) < 4.78 is 38.2. The van der Waals surface area contributed by atoms with E-state index in [0.717, 1.165) is 12.1 Å². The minimum absolute atomic E-state index is 0.00986. The number of nitrogens with two attached hydrogens (primary N) is 1. The molecule has 0 aromatic heterocycles. The molecule has 0 spiro atoms. The van der Waals surface area contributed by atoms with Crippen molar-refractivity contribution in [3.63, 3.8) is 0 Å². The minimum atomic E-state index is -1.54. The van der Waals surface area contributed by atoms with Crippen LogP contribution in [0.3, 0.4) is 0 Å². The molecule has 15 heavy (non-hydrogen) atoms. The lowest BCUT2D eigenvalue weighted by atomic mass is 9.97. The van der Waals surface area contributed by atoms with Gasteiger partial charge in [-0.25, -0.2) is 13.2 Å². The molecule has 0 aliphatic rings. The number of aliphatic hydroxyl groups is 1. The number of hydrogen-bond donors (Lipinski definition) is 2. The maximum Gasteiger partial charge on any atom is 0.194 e. The van der Waals surface area contributed by atoms with Crippen molar-refractivity contribution in [2.45, 2.75) is 13.0 Å². The van der Waals surface area contributed by atoms with E-state index in [2.05, 4.69) is 0 Å². The molecule has 5 heteroatoms. The van der Waals surface area contributed by atoms with Crippen molar-refractivity contribution in [2.24, 2.45) is 11.7 Å². The summed E-state index contributed by atoms with van der Waals surface area (Å²) in [4.78, 5) is 0. The summed E-state index contributed by atoms with van der Waals surface area (Å²) in [5.74, 6) is -4.51. The second kappa shape index (κ2) is 4.63. The van der Waals surface area contributed by atoms with Gasteiger partial charge in [-0.15, -0.1) is 0 Å². The average Bonchev–Trinajstić information content (AvgIpc) is 2.23. The Morgan fingerprint density at radius 3 is 2.13 bits per heavy atom. The summed E-state index contributed by atoms with van der Waals surface area (Å²) in [5.41, 5.74) is 5.28. The molecule has 0 aliphatic carbocycles. The Bertz CT molecular complexity index is 334. The lowest BCUT2D eigenvalue weighted by Crippen LogP contribution is -2.19. The lowest BCUT2D eigenvalue weighted by molar-refractivity contribution is 0.120. The number of rotatable bonds is 3. The molecule has 84 valence electrons. The second-order valence-electron chi connectivity index (χ2n) is 3.46. The van der Waals surface area contributed by atoms with Crippen molar-refractivity contribution in [2.75, 3.05) is 6.54 Å². The number of aliphatic hydroxyl groups excluding tert-OH is 1. The molecule has 0 radical (unpaired) electrons. The van der Waals surface area contributed by atoms with Crippen molar-refractivity contribution < 1.29 is 18.3 Å². The largest absolute Gasteiger partial charge is 0.388 e. The van der Waals surface area contributed by atoms with E-state index >= 15 is 0 Å². The van der Waals surface area contributed by atoms with Crippen molar-refractivity contribution in [1.82, 2.24) is 0 Å². The standard InChI is InChI=1S/C10H12F3NO/c1-5(4-14)10(15)6-2-7(11)9(13)8(12)3-6/h2-3,5,10,15H,4,14H2,1H3. The van der Waals surface area contributed by atoms with Crippen molar-refractivity contribution >= 4 is 0 Å². The van der Waals surface area contributed by atoms with Crippen LogP contribution in [0.25, 0.3) is 0 Å². The summed E-state index contributed by atoms with van der Waals surface area (Å²) in [7, 11) is 0. The van der Waals surface area contributed by atoms with Gasteiger partial charge in [-0.2, -0.15) is 0 Å². The van der Waals surface area contributed by atoms with Crippen LogP contribution >= 0.6 is 0 Å². The average molecular weight is 219 g/mol. The molecule has 3 N–H and O–H groups in total. The molecule has 0 fully saturated rings. The highest BCUT2D eigenvalue weighted by Crippen LogP contribution is 2.24. The Morgan fingerprint density at radius 2 is 1.73 bits per heavy atom. The fraction of sp³-hybridized carbons (Fsp3) is 0.400. The van der Waals surface area contributed by atoms with Crippen LogP contribution in [0.2, 0.25) is 0 Å². The van der Waals surface area contributed by atoms with Crippen molar-refractivity contribution in [3.05, 3.63) is 35.1 Å². The zero-order valence-electron chi connectivity index (χ0n) is 8.17. The Hall–Kier alpha value is -1.07. The zero-order valence-corrected chi connectivity index (χ0v) is 8.17. The van der Waals surface area contributed by atoms with Gasteiger partial charge in [0.25, 0.3) is 0 Å². The highest BCUT2D eigenvalue weighted by atomic mass is 19.2. The molecule has 2 nitrogen and oxygen atoms in total. The van der Waals surface area contributed by atoms with E-state index in [1.54, 1.807) is 6.92 Å². The van der Waals surface area contributed by atoms with Crippen LogP contribution in [0.4, 0.5) is 13.2 Å². The summed E-state index contributed by atoms with van der Waals surface area (Å²) >= 11 is 0. The molecule has 2 atom stereocenters. The molecule has 0 saturated heterocycles. The van der Waals surface area contributed by atoms with Crippen LogP contribution < -0.4 is 5.73 Å². The Kier molecular flexibility index (Phi) is 3.71. The summed E-state index contributed by atoms with van der Waals surface area (Å²) in [6.45, 7) is 1.80. The van der Waals surface area contributed by atoms with E-state index in [1.165, 1.54) is 0 Å². The quantitative estimate of drug-likeness (QED) is 0.760. The molecule has 0 heterocycles. The van der Waals surface area contributed by atoms with E-state index in [4.69, 9.17) is 5.73 Å². The topological polar surface area (TPSA) is 46.2 Å². The first-order chi connectivity index (χ1) is 6.97. The van der Waals surface area contributed by atoms with Gasteiger partial charge >= 0.3 is 0 Å². The van der Waals surface area contributed by atoms with Crippen LogP contribution in [0, 0.1) is 23.4 Å². The summed E-state index contributed by atoms with van der Waals surface area (Å²) in [5, 5.41) is 9.59. The Balaban J connectivity index is 3.06. The third-order valence-electron chi connectivity index (χ3n) is 2.26. The van der Waals surface area contributed by atoms with Crippen LogP contribution in [0.1, 0.15) is 18.6 Å². The van der Waals surface area contributed by atoms with E-state index in [-0.39, 0.29) is 18.0 Å². The highest BCUT2D eigenvalue weighted by molar-refractivity contribution is 5.22. The summed E-state index contributed by atoms with van der Waals surface area (Å²) in [6, 6.07) is 1.55. The molecule has 0 aliphatic heterocycles. The van der Waals surface area contributed by atoms with Gasteiger partial charge in [0.05, 0.1) is 6.10 Å². The molecular formula is C10H12F3NO. The van der Waals surface area contributed by atoms with Gasteiger partial charge in [0.15, 0.2) is 17.5 Å². The molecule has 1 aromatic rings. The predicted octanol–water partition coefficient (Wildman–Crippen LogP) is 1.73. The van der Waals surface area contributed by atoms with Gasteiger partial charge in [0.2, 0.25) is 0 Å². The molecule has 0 bridgehead atoms. The predicted molar refractivity (Wildman–Crippen MR) is 49.5 cm³/mol. The van der Waals surface area contributed by atoms with E-state index in [1.807, 2.05) is 0 Å². The molecule has 1 aromatic carbocycles. The molecule has 0 saturated carbocycles. The van der Waals surface area contributed by atoms with Crippen LogP contribution in [-0.2, 0) is 0 Å². The lowest BCUT2D eigenvalue weighted by Gasteiger charge is -2.17. The third kappa shape index (κ3) is 2.49. The monoisotopic (exact) mass is 219 g/mol. The van der Waals surface area contributed by atoms with E-state index in [0.29, 0.717) is 0 Å². The minimum Gasteiger partial charge on any atom is -0.388 e. The van der Waals surface area contributed by atoms with Gasteiger partial charge in [0.1, 0.15) is 0 Å². The van der Waals surface area contributed by atoms with Crippen LogP contribution in [0.5, 0.6) is 0 Å². The van der Waals surface area contributed by atoms with Gasteiger partial charge < -0.3 is 10.8 Å². The van der Waals surface area contributed by atoms with Crippen molar-refractivity contribution in [3.8, 4) is 0 Å². The number of hydrogen-bond acceptors (Lipinski definition) is 2. The number of benzene rings is 1. The Labute approximate surface area is 85.5 Å². The first kappa shape index (κ1) is 12.0. The first-order valence-corrected chi connectivity index (χ1v) is 4.50. The molecule has 0 amide bonds.